The predicted octanol–water partition coefficient (Wildman–Crippen LogP) is 4.65. The van der Waals surface area contributed by atoms with E-state index in [0.29, 0.717) is 37.4 Å². The summed E-state index contributed by atoms with van der Waals surface area (Å²) in [5, 5.41) is 5.21. The van der Waals surface area contributed by atoms with Gasteiger partial charge in [0.15, 0.2) is 0 Å². The average molecular weight is 508 g/mol. The van der Waals surface area contributed by atoms with Crippen LogP contribution in [0.2, 0.25) is 0 Å². The Bertz CT molecular complexity index is 1140. The molecule has 2 aromatic rings. The van der Waals surface area contributed by atoms with Crippen molar-refractivity contribution in [3.8, 4) is 0 Å². The molecule has 2 aromatic carbocycles. The van der Waals surface area contributed by atoms with Gasteiger partial charge in [0.2, 0.25) is 11.8 Å². The van der Waals surface area contributed by atoms with Gasteiger partial charge in [0, 0.05) is 56.6 Å². The van der Waals surface area contributed by atoms with Crippen LogP contribution < -0.4 is 5.32 Å². The van der Waals surface area contributed by atoms with Crippen molar-refractivity contribution in [1.82, 2.24) is 15.1 Å². The van der Waals surface area contributed by atoms with Crippen LogP contribution in [-0.2, 0) is 25.7 Å². The number of carbonyl (C=O) groups excluding carboxylic acids is 3. The second-order valence-electron chi connectivity index (χ2n) is 10.3. The number of nitrogens with one attached hydrogen (secondary N) is 1. The smallest absolute Gasteiger partial charge is 0.252 e. The number of amides is 3. The van der Waals surface area contributed by atoms with Crippen LogP contribution in [0.5, 0.6) is 0 Å². The maximum atomic E-state index is 13.6. The van der Waals surface area contributed by atoms with E-state index in [4.69, 9.17) is 4.74 Å². The van der Waals surface area contributed by atoms with E-state index in [9.17, 15) is 14.4 Å². The Balaban J connectivity index is 1.79. The third-order valence-corrected chi connectivity index (χ3v) is 7.03. The molecule has 1 unspecified atom stereocenters. The highest BCUT2D eigenvalue weighted by molar-refractivity contribution is 5.99. The van der Waals surface area contributed by atoms with E-state index in [2.05, 4.69) is 5.32 Å². The summed E-state index contributed by atoms with van der Waals surface area (Å²) in [6, 6.07) is 14.1. The van der Waals surface area contributed by atoms with Crippen molar-refractivity contribution in [2.24, 2.45) is 5.92 Å². The first-order valence-electron chi connectivity index (χ1n) is 13.2. The summed E-state index contributed by atoms with van der Waals surface area (Å²) in [5.74, 6) is -0.947. The topological polar surface area (TPSA) is 79.0 Å². The number of fused-ring (bicyclic) bond motifs is 1. The van der Waals surface area contributed by atoms with Crippen LogP contribution in [0.4, 0.5) is 0 Å². The molecular formula is C30H41N3O4. The molecule has 200 valence electrons. The molecule has 0 aliphatic carbocycles. The number of hydrogen-bond acceptors (Lipinski definition) is 4. The van der Waals surface area contributed by atoms with E-state index < -0.39 is 5.92 Å². The molecule has 1 aliphatic rings. The van der Waals surface area contributed by atoms with Crippen molar-refractivity contribution in [2.75, 3.05) is 20.3 Å². The van der Waals surface area contributed by atoms with Crippen molar-refractivity contribution in [2.45, 2.75) is 72.5 Å². The van der Waals surface area contributed by atoms with Gasteiger partial charge in [-0.05, 0) is 63.8 Å². The van der Waals surface area contributed by atoms with Crippen molar-refractivity contribution < 1.29 is 19.1 Å². The van der Waals surface area contributed by atoms with E-state index in [0.717, 1.165) is 16.3 Å². The molecule has 37 heavy (non-hydrogen) atoms. The maximum Gasteiger partial charge on any atom is 0.252 e. The fraction of sp³-hybridized carbons (Fsp3) is 0.500. The van der Waals surface area contributed by atoms with Gasteiger partial charge in [0.25, 0.3) is 5.91 Å². The number of allylic oxidation sites excluding steroid dienone is 1. The SMILES string of the molecule is COCCCN1C(=O)C(CC(=O)NCc2cccc3ccccc23)CC(C(=O)N(C(C)C)C(C)C)=C1C. The molecule has 0 aromatic heterocycles. The van der Waals surface area contributed by atoms with Crippen molar-refractivity contribution in [3.05, 3.63) is 59.3 Å². The predicted molar refractivity (Wildman–Crippen MR) is 147 cm³/mol. The van der Waals surface area contributed by atoms with Gasteiger partial charge in [-0.1, -0.05) is 42.5 Å². The molecule has 7 nitrogen and oxygen atoms in total. The van der Waals surface area contributed by atoms with E-state index in [-0.39, 0.29) is 42.6 Å². The van der Waals surface area contributed by atoms with Gasteiger partial charge in [0.05, 0.1) is 5.92 Å². The minimum absolute atomic E-state index is 0.0230. The number of hydrogen-bond donors (Lipinski definition) is 1. The Hall–Kier alpha value is -3.19. The highest BCUT2D eigenvalue weighted by Gasteiger charge is 2.38. The Kier molecular flexibility index (Phi) is 9.86. The quantitative estimate of drug-likeness (QED) is 0.449. The Morgan fingerprint density at radius 2 is 1.76 bits per heavy atom. The van der Waals surface area contributed by atoms with E-state index >= 15 is 0 Å². The second-order valence-corrected chi connectivity index (χ2v) is 10.3. The van der Waals surface area contributed by atoms with Crippen molar-refractivity contribution in [3.63, 3.8) is 0 Å². The number of ether oxygens (including phenoxy) is 1. The highest BCUT2D eigenvalue weighted by atomic mass is 16.5. The van der Waals surface area contributed by atoms with Gasteiger partial charge in [-0.15, -0.1) is 0 Å². The largest absolute Gasteiger partial charge is 0.385 e. The number of benzene rings is 2. The lowest BCUT2D eigenvalue weighted by molar-refractivity contribution is -0.139. The maximum absolute atomic E-state index is 13.6. The summed E-state index contributed by atoms with van der Waals surface area (Å²) < 4.78 is 5.18. The van der Waals surface area contributed by atoms with Crippen LogP contribution >= 0.6 is 0 Å². The van der Waals surface area contributed by atoms with Crippen molar-refractivity contribution >= 4 is 28.5 Å². The lowest BCUT2D eigenvalue weighted by atomic mass is 9.88. The van der Waals surface area contributed by atoms with E-state index in [1.807, 2.05) is 82.0 Å². The first-order valence-corrected chi connectivity index (χ1v) is 13.2. The summed E-state index contributed by atoms with van der Waals surface area (Å²) >= 11 is 0. The first kappa shape index (κ1) is 28.4. The Morgan fingerprint density at radius 1 is 1.08 bits per heavy atom. The standard InChI is InChI=1S/C30H41N3O4/c1-20(2)33(21(3)4)30(36)27-17-25(29(35)32(22(27)5)15-10-16-37-6)18-28(34)31-19-24-13-9-12-23-11-7-8-14-26(23)24/h7-9,11-14,20-21,25H,10,15-19H2,1-6H3,(H,31,34). The molecule has 0 radical (unpaired) electrons. The fourth-order valence-corrected chi connectivity index (χ4v) is 5.23. The zero-order valence-electron chi connectivity index (χ0n) is 23.0. The minimum Gasteiger partial charge on any atom is -0.385 e. The summed E-state index contributed by atoms with van der Waals surface area (Å²) in [7, 11) is 1.63. The second kappa shape index (κ2) is 12.9. The molecule has 3 rings (SSSR count). The molecule has 3 amide bonds. The van der Waals surface area contributed by atoms with E-state index in [1.54, 1.807) is 12.0 Å². The van der Waals surface area contributed by atoms with Gasteiger partial charge < -0.3 is 19.9 Å². The molecule has 0 bridgehead atoms. The van der Waals surface area contributed by atoms with Crippen LogP contribution in [0.25, 0.3) is 10.8 Å². The van der Waals surface area contributed by atoms with Crippen LogP contribution in [-0.4, -0.2) is 59.9 Å². The zero-order valence-corrected chi connectivity index (χ0v) is 23.0. The molecule has 1 heterocycles. The van der Waals surface area contributed by atoms with Crippen LogP contribution in [0, 0.1) is 5.92 Å². The normalized spacial score (nSPS) is 16.2. The third-order valence-electron chi connectivity index (χ3n) is 7.03. The molecule has 7 heteroatoms. The lowest BCUT2D eigenvalue weighted by Gasteiger charge is -2.38. The Labute approximate surface area is 220 Å². The highest BCUT2D eigenvalue weighted by Crippen LogP contribution is 2.32. The van der Waals surface area contributed by atoms with Crippen molar-refractivity contribution in [1.29, 1.82) is 0 Å². The molecule has 0 spiro atoms. The lowest BCUT2D eigenvalue weighted by Crippen LogP contribution is -2.48. The molecule has 0 saturated carbocycles. The molecule has 1 atom stereocenters. The summed E-state index contributed by atoms with van der Waals surface area (Å²) in [6.45, 7) is 11.2. The van der Waals surface area contributed by atoms with Crippen LogP contribution in [0.1, 0.15) is 59.4 Å². The molecule has 0 fully saturated rings. The summed E-state index contributed by atoms with van der Waals surface area (Å²) in [5.41, 5.74) is 2.33. The average Bonchev–Trinajstić information content (AvgIpc) is 2.86. The van der Waals surface area contributed by atoms with Gasteiger partial charge >= 0.3 is 0 Å². The Morgan fingerprint density at radius 3 is 2.43 bits per heavy atom. The molecule has 0 saturated heterocycles. The summed E-state index contributed by atoms with van der Waals surface area (Å²) in [6.07, 6.45) is 0.957. The summed E-state index contributed by atoms with van der Waals surface area (Å²) in [4.78, 5) is 43.7. The first-order chi connectivity index (χ1) is 17.6. The molecule has 1 aliphatic heterocycles. The molecule has 1 N–H and O–H groups in total. The van der Waals surface area contributed by atoms with Gasteiger partial charge in [-0.3, -0.25) is 14.4 Å². The molecular weight excluding hydrogens is 466 g/mol. The number of carbonyl (C=O) groups is 3. The van der Waals surface area contributed by atoms with E-state index in [1.165, 1.54) is 0 Å². The van der Waals surface area contributed by atoms with Gasteiger partial charge in [0.1, 0.15) is 0 Å². The zero-order chi connectivity index (χ0) is 27.1. The third kappa shape index (κ3) is 6.77. The van der Waals surface area contributed by atoms with Crippen LogP contribution in [0.15, 0.2) is 53.7 Å². The number of rotatable bonds is 11. The fourth-order valence-electron chi connectivity index (χ4n) is 5.23. The number of methoxy groups -OCH3 is 1. The van der Waals surface area contributed by atoms with Crippen LogP contribution in [0.3, 0.4) is 0 Å². The van der Waals surface area contributed by atoms with Gasteiger partial charge in [-0.25, -0.2) is 0 Å². The minimum atomic E-state index is -0.584. The van der Waals surface area contributed by atoms with Gasteiger partial charge in [-0.2, -0.15) is 0 Å². The monoisotopic (exact) mass is 507 g/mol. The number of nitrogens with zero attached hydrogens (tertiary/aromatic N) is 2.